The number of ether oxygens (including phenoxy) is 2. The maximum Gasteiger partial charge on any atom is 0.416 e. The lowest BCUT2D eigenvalue weighted by Crippen LogP contribution is -2.43. The molecule has 0 bridgehead atoms. The van der Waals surface area contributed by atoms with Gasteiger partial charge in [-0.25, -0.2) is 0 Å². The van der Waals surface area contributed by atoms with Crippen LogP contribution in [0.15, 0.2) is 53.9 Å². The standard InChI is InChI=1S/C24H21F3N2O4S/c1-29-21(19-5-4-10-34-19)20(15-11-17(32-2)18(33-3)12-16(15)23(29)31)22(30)28-14-8-6-13(7-9-14)24(25,26)27/h4-12,20-21H,1-3H3,(H,28,30)/t20-,21-/m1/s1. The van der Waals surface area contributed by atoms with Crippen molar-refractivity contribution in [2.75, 3.05) is 26.6 Å². The van der Waals surface area contributed by atoms with Crippen LogP contribution in [0.3, 0.4) is 0 Å². The highest BCUT2D eigenvalue weighted by atomic mass is 32.1. The lowest BCUT2D eigenvalue weighted by Gasteiger charge is -2.39. The second-order valence-corrected chi connectivity index (χ2v) is 8.69. The van der Waals surface area contributed by atoms with E-state index < -0.39 is 29.6 Å². The van der Waals surface area contributed by atoms with E-state index in [1.807, 2.05) is 17.5 Å². The van der Waals surface area contributed by atoms with Gasteiger partial charge in [0.1, 0.15) is 0 Å². The van der Waals surface area contributed by atoms with Crippen molar-refractivity contribution in [2.24, 2.45) is 0 Å². The molecule has 2 atom stereocenters. The number of carbonyl (C=O) groups is 2. The van der Waals surface area contributed by atoms with Crippen LogP contribution in [-0.2, 0) is 11.0 Å². The van der Waals surface area contributed by atoms with Crippen molar-refractivity contribution in [3.8, 4) is 11.5 Å². The molecule has 2 amide bonds. The molecule has 1 aliphatic rings. The normalized spacial score (nSPS) is 17.8. The van der Waals surface area contributed by atoms with E-state index in [0.29, 0.717) is 22.6 Å². The van der Waals surface area contributed by atoms with Gasteiger partial charge < -0.3 is 19.7 Å². The Hall–Kier alpha value is -3.53. The summed E-state index contributed by atoms with van der Waals surface area (Å²) in [6, 6.07) is 10.4. The van der Waals surface area contributed by atoms with Crippen LogP contribution in [0.5, 0.6) is 11.5 Å². The number of halogens is 3. The first-order chi connectivity index (χ1) is 16.2. The highest BCUT2D eigenvalue weighted by Crippen LogP contribution is 2.47. The molecule has 4 rings (SSSR count). The molecule has 1 aromatic heterocycles. The average Bonchev–Trinajstić information content (AvgIpc) is 3.34. The van der Waals surface area contributed by atoms with E-state index in [2.05, 4.69) is 5.32 Å². The van der Waals surface area contributed by atoms with Gasteiger partial charge in [-0.2, -0.15) is 13.2 Å². The van der Waals surface area contributed by atoms with Gasteiger partial charge in [-0.1, -0.05) is 6.07 Å². The van der Waals surface area contributed by atoms with Crippen molar-refractivity contribution in [1.29, 1.82) is 0 Å². The third-order valence-corrected chi connectivity index (χ3v) is 6.71. The molecule has 178 valence electrons. The van der Waals surface area contributed by atoms with Crippen molar-refractivity contribution in [3.63, 3.8) is 0 Å². The predicted molar refractivity (Wildman–Crippen MR) is 122 cm³/mol. The largest absolute Gasteiger partial charge is 0.493 e. The van der Waals surface area contributed by atoms with Gasteiger partial charge in [0.25, 0.3) is 5.91 Å². The van der Waals surface area contributed by atoms with Crippen molar-refractivity contribution in [2.45, 2.75) is 18.1 Å². The minimum absolute atomic E-state index is 0.213. The molecule has 2 heterocycles. The highest BCUT2D eigenvalue weighted by molar-refractivity contribution is 7.10. The number of rotatable bonds is 5. The molecule has 0 fully saturated rings. The van der Waals surface area contributed by atoms with Crippen molar-refractivity contribution in [1.82, 2.24) is 4.90 Å². The number of nitrogens with one attached hydrogen (secondary N) is 1. The molecular formula is C24H21F3N2O4S. The van der Waals surface area contributed by atoms with Gasteiger partial charge in [-0.3, -0.25) is 9.59 Å². The third-order valence-electron chi connectivity index (χ3n) is 5.77. The number of benzene rings is 2. The first-order valence-corrected chi connectivity index (χ1v) is 11.1. The molecular weight excluding hydrogens is 469 g/mol. The van der Waals surface area contributed by atoms with Gasteiger partial charge in [-0.15, -0.1) is 11.3 Å². The minimum atomic E-state index is -4.48. The molecule has 10 heteroatoms. The van der Waals surface area contributed by atoms with E-state index in [4.69, 9.17) is 9.47 Å². The number of nitrogens with zero attached hydrogens (tertiary/aromatic N) is 1. The number of alkyl halides is 3. The smallest absolute Gasteiger partial charge is 0.416 e. The summed E-state index contributed by atoms with van der Waals surface area (Å²) in [6.45, 7) is 0. The quantitative estimate of drug-likeness (QED) is 0.525. The fourth-order valence-corrected chi connectivity index (χ4v) is 5.01. The fraction of sp³-hybridized carbons (Fsp3) is 0.250. The number of carbonyl (C=O) groups excluding carboxylic acids is 2. The molecule has 0 aliphatic carbocycles. The maximum absolute atomic E-state index is 13.6. The summed E-state index contributed by atoms with van der Waals surface area (Å²) in [7, 11) is 4.52. The van der Waals surface area contributed by atoms with Gasteiger partial charge >= 0.3 is 6.18 Å². The van der Waals surface area contributed by atoms with Gasteiger partial charge in [0.2, 0.25) is 5.91 Å². The first kappa shape index (κ1) is 23.6. The SMILES string of the molecule is COc1cc2c(cc1OC)[C@@H](C(=O)Nc1ccc(C(F)(F)F)cc1)[C@@H](c1cccs1)N(C)C2=O. The van der Waals surface area contributed by atoms with Gasteiger partial charge in [-0.05, 0) is 53.4 Å². The van der Waals surface area contributed by atoms with Crippen LogP contribution < -0.4 is 14.8 Å². The maximum atomic E-state index is 13.6. The van der Waals surface area contributed by atoms with Crippen LogP contribution in [0, 0.1) is 0 Å². The van der Waals surface area contributed by atoms with Crippen LogP contribution in [0.2, 0.25) is 0 Å². The van der Waals surface area contributed by atoms with E-state index in [-0.39, 0.29) is 11.6 Å². The molecule has 34 heavy (non-hydrogen) atoms. The van der Waals surface area contributed by atoms with E-state index in [0.717, 1.165) is 17.0 Å². The number of amides is 2. The Morgan fingerprint density at radius 2 is 1.71 bits per heavy atom. The molecule has 3 aromatic rings. The predicted octanol–water partition coefficient (Wildman–Crippen LogP) is 5.33. The summed E-state index contributed by atoms with van der Waals surface area (Å²) < 4.78 is 49.5. The Labute approximate surface area is 197 Å². The lowest BCUT2D eigenvalue weighted by molar-refractivity contribution is -0.137. The number of methoxy groups -OCH3 is 2. The van der Waals surface area contributed by atoms with Crippen LogP contribution in [-0.4, -0.2) is 38.0 Å². The van der Waals surface area contributed by atoms with E-state index in [9.17, 15) is 22.8 Å². The zero-order valence-corrected chi connectivity index (χ0v) is 19.3. The van der Waals surface area contributed by atoms with Crippen LogP contribution in [0.1, 0.15) is 38.3 Å². The Morgan fingerprint density at radius 1 is 1.06 bits per heavy atom. The summed E-state index contributed by atoms with van der Waals surface area (Å²) in [5.74, 6) is -0.896. The van der Waals surface area contributed by atoms with Crippen LogP contribution in [0.25, 0.3) is 0 Å². The van der Waals surface area contributed by atoms with Crippen LogP contribution in [0.4, 0.5) is 18.9 Å². The molecule has 0 radical (unpaired) electrons. The second kappa shape index (κ2) is 9.02. The molecule has 0 spiro atoms. The number of likely N-dealkylation sites (N-methyl/N-ethyl adjacent to an activating group) is 1. The molecule has 0 unspecified atom stereocenters. The molecule has 1 N–H and O–H groups in total. The summed E-state index contributed by atoms with van der Waals surface area (Å²) in [4.78, 5) is 29.1. The van der Waals surface area contributed by atoms with Crippen molar-refractivity contribution < 1.29 is 32.2 Å². The lowest BCUT2D eigenvalue weighted by atomic mass is 9.81. The number of thiophene rings is 1. The number of hydrogen-bond acceptors (Lipinski definition) is 5. The number of anilines is 1. The van der Waals surface area contributed by atoms with Crippen molar-refractivity contribution in [3.05, 3.63) is 75.5 Å². The summed E-state index contributed by atoms with van der Waals surface area (Å²) >= 11 is 1.40. The highest BCUT2D eigenvalue weighted by Gasteiger charge is 2.44. The van der Waals surface area contributed by atoms with E-state index in [1.165, 1.54) is 48.7 Å². The first-order valence-electron chi connectivity index (χ1n) is 10.2. The molecule has 6 nitrogen and oxygen atoms in total. The summed E-state index contributed by atoms with van der Waals surface area (Å²) in [6.07, 6.45) is -4.48. The zero-order chi connectivity index (χ0) is 24.6. The Balaban J connectivity index is 1.79. The van der Waals surface area contributed by atoms with Gasteiger partial charge in [0, 0.05) is 23.2 Å². The fourth-order valence-electron chi connectivity index (χ4n) is 4.11. The molecule has 2 aromatic carbocycles. The third kappa shape index (κ3) is 4.21. The molecule has 0 saturated carbocycles. The number of fused-ring (bicyclic) bond motifs is 1. The second-order valence-electron chi connectivity index (χ2n) is 7.71. The Bertz CT molecular complexity index is 1210. The summed E-state index contributed by atoms with van der Waals surface area (Å²) in [5, 5.41) is 4.56. The van der Waals surface area contributed by atoms with Crippen molar-refractivity contribution >= 4 is 28.8 Å². The number of hydrogen-bond donors (Lipinski definition) is 1. The van der Waals surface area contributed by atoms with E-state index >= 15 is 0 Å². The zero-order valence-electron chi connectivity index (χ0n) is 18.5. The topological polar surface area (TPSA) is 67.9 Å². The summed E-state index contributed by atoms with van der Waals surface area (Å²) in [5.41, 5.74) is 0.140. The van der Waals surface area contributed by atoms with E-state index in [1.54, 1.807) is 13.1 Å². The Morgan fingerprint density at radius 3 is 2.26 bits per heavy atom. The van der Waals surface area contributed by atoms with Gasteiger partial charge in [0.05, 0.1) is 31.7 Å². The van der Waals surface area contributed by atoms with Crippen LogP contribution >= 0.6 is 11.3 Å². The Kier molecular flexibility index (Phi) is 6.26. The monoisotopic (exact) mass is 490 g/mol. The minimum Gasteiger partial charge on any atom is -0.493 e. The average molecular weight is 491 g/mol. The molecule has 0 saturated heterocycles. The molecule has 1 aliphatic heterocycles. The van der Waals surface area contributed by atoms with Gasteiger partial charge in [0.15, 0.2) is 11.5 Å².